The summed E-state index contributed by atoms with van der Waals surface area (Å²) < 4.78 is 11.0. The molecule has 2 heterocycles. The second-order valence-corrected chi connectivity index (χ2v) is 6.66. The Balaban J connectivity index is 1.63. The molecule has 0 unspecified atom stereocenters. The molecular formula is C18H15ClN2O5. The van der Waals surface area contributed by atoms with Gasteiger partial charge in [0.15, 0.2) is 18.2 Å². The zero-order valence-electron chi connectivity index (χ0n) is 13.9. The molecule has 2 aromatic rings. The fourth-order valence-corrected chi connectivity index (χ4v) is 3.45. The number of nitrogens with one attached hydrogen (secondary N) is 2. The second-order valence-electron chi connectivity index (χ2n) is 6.25. The molecule has 1 aliphatic carbocycles. The summed E-state index contributed by atoms with van der Waals surface area (Å²) in [5.74, 6) is 0.315. The van der Waals surface area contributed by atoms with Crippen molar-refractivity contribution in [2.45, 2.75) is 26.2 Å². The molecule has 1 aromatic carbocycles. The Morgan fingerprint density at radius 3 is 2.85 bits per heavy atom. The van der Waals surface area contributed by atoms with Crippen LogP contribution in [-0.2, 0) is 11.2 Å². The number of hydrogen-bond donors (Lipinski definition) is 2. The van der Waals surface area contributed by atoms with Crippen LogP contribution in [0.1, 0.15) is 45.1 Å². The van der Waals surface area contributed by atoms with E-state index in [4.69, 9.17) is 20.8 Å². The summed E-state index contributed by atoms with van der Waals surface area (Å²) in [6, 6.07) is 3.05. The fraction of sp³-hybridized carbons (Fsp3) is 0.278. The number of fused-ring (bicyclic) bond motifs is 2. The monoisotopic (exact) mass is 374 g/mol. The largest absolute Gasteiger partial charge is 0.482 e. The van der Waals surface area contributed by atoms with E-state index in [2.05, 4.69) is 10.6 Å². The number of furan rings is 1. The molecule has 0 saturated heterocycles. The second kappa shape index (κ2) is 6.17. The standard InChI is InChI=1S/C18H15ClN2O5/c1-8-16-12(22)3-2-4-13(16)26-17(8)18(24)21-10-6-14-11(5-9(10)19)20-15(23)7-25-14/h5-6H,2-4,7H2,1H3,(H,20,23)(H,21,24). The molecule has 2 amide bonds. The lowest BCUT2D eigenvalue weighted by molar-refractivity contribution is -0.118. The number of rotatable bonds is 2. The van der Waals surface area contributed by atoms with Gasteiger partial charge in [-0.25, -0.2) is 0 Å². The van der Waals surface area contributed by atoms with Crippen LogP contribution in [0, 0.1) is 6.92 Å². The molecule has 26 heavy (non-hydrogen) atoms. The van der Waals surface area contributed by atoms with Gasteiger partial charge in [-0.1, -0.05) is 11.6 Å². The summed E-state index contributed by atoms with van der Waals surface area (Å²) in [5, 5.41) is 5.57. The molecular weight excluding hydrogens is 360 g/mol. The van der Waals surface area contributed by atoms with Crippen LogP contribution in [-0.4, -0.2) is 24.2 Å². The van der Waals surface area contributed by atoms with Gasteiger partial charge in [-0.05, 0) is 19.4 Å². The van der Waals surface area contributed by atoms with E-state index in [0.717, 1.165) is 6.42 Å². The zero-order chi connectivity index (χ0) is 18.4. The first-order valence-electron chi connectivity index (χ1n) is 8.17. The van der Waals surface area contributed by atoms with E-state index in [1.807, 2.05) is 0 Å². The first-order chi connectivity index (χ1) is 12.4. The quantitative estimate of drug-likeness (QED) is 0.840. The topological polar surface area (TPSA) is 97.6 Å². The molecule has 1 aromatic heterocycles. The Kier molecular flexibility index (Phi) is 3.96. The number of carbonyl (C=O) groups is 3. The van der Waals surface area contributed by atoms with Gasteiger partial charge in [-0.15, -0.1) is 0 Å². The van der Waals surface area contributed by atoms with Gasteiger partial charge in [0.1, 0.15) is 11.5 Å². The molecule has 8 heteroatoms. The van der Waals surface area contributed by atoms with Gasteiger partial charge in [0.05, 0.1) is 22.0 Å². The Labute approximate surface area is 153 Å². The average Bonchev–Trinajstić information content (AvgIpc) is 2.94. The van der Waals surface area contributed by atoms with Crippen LogP contribution < -0.4 is 15.4 Å². The molecule has 0 radical (unpaired) electrons. The van der Waals surface area contributed by atoms with Gasteiger partial charge in [0, 0.05) is 24.5 Å². The summed E-state index contributed by atoms with van der Waals surface area (Å²) in [6.45, 7) is 1.60. The molecule has 134 valence electrons. The van der Waals surface area contributed by atoms with Crippen molar-refractivity contribution in [2.75, 3.05) is 17.2 Å². The minimum atomic E-state index is -0.494. The lowest BCUT2D eigenvalue weighted by Crippen LogP contribution is -2.25. The minimum absolute atomic E-state index is 0.00232. The predicted octanol–water partition coefficient (Wildman–Crippen LogP) is 3.34. The van der Waals surface area contributed by atoms with Crippen molar-refractivity contribution in [1.82, 2.24) is 0 Å². The third kappa shape index (κ3) is 2.74. The molecule has 0 saturated carbocycles. The van der Waals surface area contributed by atoms with Gasteiger partial charge in [-0.2, -0.15) is 0 Å². The number of amides is 2. The van der Waals surface area contributed by atoms with Gasteiger partial charge >= 0.3 is 0 Å². The third-order valence-corrected chi connectivity index (χ3v) is 4.78. The van der Waals surface area contributed by atoms with Gasteiger partial charge in [0.25, 0.3) is 11.8 Å². The number of aryl methyl sites for hydroxylation is 1. The van der Waals surface area contributed by atoms with Gasteiger partial charge in [0.2, 0.25) is 0 Å². The highest BCUT2D eigenvalue weighted by Crippen LogP contribution is 2.37. The molecule has 0 spiro atoms. The maximum absolute atomic E-state index is 12.6. The molecule has 0 fully saturated rings. The van der Waals surface area contributed by atoms with Crippen molar-refractivity contribution < 1.29 is 23.5 Å². The van der Waals surface area contributed by atoms with Crippen LogP contribution in [0.4, 0.5) is 11.4 Å². The maximum atomic E-state index is 12.6. The van der Waals surface area contributed by atoms with Gasteiger partial charge in [-0.3, -0.25) is 14.4 Å². The number of hydrogen-bond acceptors (Lipinski definition) is 5. The molecule has 0 atom stereocenters. The third-order valence-electron chi connectivity index (χ3n) is 4.46. The smallest absolute Gasteiger partial charge is 0.291 e. The Hall–Kier alpha value is -2.80. The lowest BCUT2D eigenvalue weighted by Gasteiger charge is -2.19. The van der Waals surface area contributed by atoms with Crippen LogP contribution >= 0.6 is 11.6 Å². The van der Waals surface area contributed by atoms with Crippen molar-refractivity contribution in [3.8, 4) is 5.75 Å². The summed E-state index contributed by atoms with van der Waals surface area (Å²) in [6.07, 6.45) is 1.83. The number of ketones is 1. The highest BCUT2D eigenvalue weighted by atomic mass is 35.5. The lowest BCUT2D eigenvalue weighted by atomic mass is 9.94. The number of Topliss-reactive ketones (excluding diaryl/α,β-unsaturated/α-hetero) is 1. The average molecular weight is 375 g/mol. The highest BCUT2D eigenvalue weighted by molar-refractivity contribution is 6.34. The zero-order valence-corrected chi connectivity index (χ0v) is 14.7. The van der Waals surface area contributed by atoms with Crippen molar-refractivity contribution in [3.63, 3.8) is 0 Å². The molecule has 1 aliphatic heterocycles. The van der Waals surface area contributed by atoms with Crippen LogP contribution in [0.25, 0.3) is 0 Å². The summed E-state index contributed by atoms with van der Waals surface area (Å²) in [4.78, 5) is 36.1. The molecule has 2 N–H and O–H groups in total. The number of halogens is 1. The number of anilines is 2. The van der Waals surface area contributed by atoms with Crippen molar-refractivity contribution in [3.05, 3.63) is 39.8 Å². The van der Waals surface area contributed by atoms with Crippen LogP contribution in [0.5, 0.6) is 5.75 Å². The van der Waals surface area contributed by atoms with E-state index < -0.39 is 5.91 Å². The Bertz CT molecular complexity index is 963. The van der Waals surface area contributed by atoms with Crippen molar-refractivity contribution in [2.24, 2.45) is 0 Å². The fourth-order valence-electron chi connectivity index (χ4n) is 3.24. The Morgan fingerprint density at radius 1 is 1.27 bits per heavy atom. The first kappa shape index (κ1) is 16.7. The highest BCUT2D eigenvalue weighted by Gasteiger charge is 2.29. The van der Waals surface area contributed by atoms with Gasteiger partial charge < -0.3 is 19.8 Å². The van der Waals surface area contributed by atoms with Crippen LogP contribution in [0.15, 0.2) is 16.5 Å². The molecule has 4 rings (SSSR count). The molecule has 2 aliphatic rings. The minimum Gasteiger partial charge on any atom is -0.482 e. The van der Waals surface area contributed by atoms with E-state index in [1.165, 1.54) is 6.07 Å². The predicted molar refractivity (Wildman–Crippen MR) is 94.2 cm³/mol. The van der Waals surface area contributed by atoms with E-state index in [1.54, 1.807) is 13.0 Å². The Morgan fingerprint density at radius 2 is 2.08 bits per heavy atom. The first-order valence-corrected chi connectivity index (χ1v) is 8.55. The SMILES string of the molecule is Cc1c(C(=O)Nc2cc3c(cc2Cl)NC(=O)CO3)oc2c1C(=O)CCC2. The summed E-state index contributed by atoms with van der Waals surface area (Å²) in [7, 11) is 0. The van der Waals surface area contributed by atoms with Crippen molar-refractivity contribution >= 4 is 40.6 Å². The number of ether oxygens (including phenoxy) is 1. The normalized spacial score (nSPS) is 15.6. The van der Waals surface area contributed by atoms with E-state index in [0.29, 0.717) is 46.9 Å². The molecule has 7 nitrogen and oxygen atoms in total. The molecule has 0 bridgehead atoms. The summed E-state index contributed by atoms with van der Waals surface area (Å²) >= 11 is 6.20. The van der Waals surface area contributed by atoms with E-state index in [9.17, 15) is 14.4 Å². The summed E-state index contributed by atoms with van der Waals surface area (Å²) in [5.41, 5.74) is 1.83. The van der Waals surface area contributed by atoms with Crippen molar-refractivity contribution in [1.29, 1.82) is 0 Å². The van der Waals surface area contributed by atoms with E-state index >= 15 is 0 Å². The van der Waals surface area contributed by atoms with Crippen LogP contribution in [0.2, 0.25) is 5.02 Å². The number of benzene rings is 1. The van der Waals surface area contributed by atoms with Crippen LogP contribution in [0.3, 0.4) is 0 Å². The van der Waals surface area contributed by atoms with E-state index in [-0.39, 0.29) is 29.1 Å². The number of carbonyl (C=O) groups excluding carboxylic acids is 3. The maximum Gasteiger partial charge on any atom is 0.291 e.